The van der Waals surface area contributed by atoms with Crippen LogP contribution in [0.2, 0.25) is 0 Å². The van der Waals surface area contributed by atoms with Crippen LogP contribution in [0.25, 0.3) is 11.4 Å². The Morgan fingerprint density at radius 3 is 2.81 bits per heavy atom. The van der Waals surface area contributed by atoms with Crippen molar-refractivity contribution < 1.29 is 14.3 Å². The Kier molecular flexibility index (Phi) is 5.55. The minimum Gasteiger partial charge on any atom is -0.497 e. The molecule has 1 atom stereocenters. The number of ether oxygens (including phenoxy) is 2. The van der Waals surface area contributed by atoms with Gasteiger partial charge >= 0.3 is 0 Å². The molecule has 0 saturated heterocycles. The number of rotatable bonds is 8. The number of nitrogens with one attached hydrogen (secondary N) is 1. The molecule has 140 valence electrons. The van der Waals surface area contributed by atoms with Crippen LogP contribution in [-0.4, -0.2) is 46.8 Å². The van der Waals surface area contributed by atoms with E-state index in [1.165, 1.54) is 29.3 Å². The molecule has 0 aliphatic heterocycles. The van der Waals surface area contributed by atoms with Crippen molar-refractivity contribution in [2.45, 2.75) is 31.0 Å². The first-order chi connectivity index (χ1) is 12.5. The summed E-state index contributed by atoms with van der Waals surface area (Å²) < 4.78 is 12.0. The van der Waals surface area contributed by atoms with Gasteiger partial charge in [0.1, 0.15) is 11.5 Å². The van der Waals surface area contributed by atoms with Crippen molar-refractivity contribution in [3.05, 3.63) is 18.2 Å². The monoisotopic (exact) mass is 377 g/mol. The van der Waals surface area contributed by atoms with Gasteiger partial charge < -0.3 is 20.6 Å². The van der Waals surface area contributed by atoms with Crippen LogP contribution in [0.5, 0.6) is 11.5 Å². The Bertz CT molecular complexity index is 791. The number of benzene rings is 1. The van der Waals surface area contributed by atoms with Crippen LogP contribution in [0, 0.1) is 5.92 Å². The number of nitrogens with zero attached hydrogens (tertiary/aromatic N) is 3. The average molecular weight is 377 g/mol. The van der Waals surface area contributed by atoms with E-state index in [1.54, 1.807) is 26.4 Å². The van der Waals surface area contributed by atoms with Crippen molar-refractivity contribution in [1.82, 2.24) is 20.2 Å². The Balaban J connectivity index is 1.68. The molecule has 1 aliphatic rings. The second kappa shape index (κ2) is 7.86. The Morgan fingerprint density at radius 2 is 2.15 bits per heavy atom. The lowest BCUT2D eigenvalue weighted by atomic mass is 10.2. The predicted octanol–water partition coefficient (Wildman–Crippen LogP) is 1.68. The third kappa shape index (κ3) is 4.04. The summed E-state index contributed by atoms with van der Waals surface area (Å²) in [5.41, 5.74) is 0.696. The lowest BCUT2D eigenvalue weighted by molar-refractivity contribution is -0.119. The number of aromatic nitrogens is 3. The molecule has 3 N–H and O–H groups in total. The molecule has 0 unspecified atom stereocenters. The number of amides is 1. The molecule has 8 nitrogen and oxygen atoms in total. The summed E-state index contributed by atoms with van der Waals surface area (Å²) in [6.07, 6.45) is 2.39. The molecule has 9 heteroatoms. The Hall–Kier alpha value is -2.42. The van der Waals surface area contributed by atoms with Crippen LogP contribution in [0.1, 0.15) is 19.8 Å². The zero-order valence-electron chi connectivity index (χ0n) is 15.1. The topological polar surface area (TPSA) is 104 Å². The molecular formula is C17H23N5O3S. The van der Waals surface area contributed by atoms with E-state index >= 15 is 0 Å². The van der Waals surface area contributed by atoms with Gasteiger partial charge in [-0.15, -0.1) is 10.2 Å². The molecule has 1 aromatic heterocycles. The largest absolute Gasteiger partial charge is 0.497 e. The SMILES string of the molecule is COc1ccc(-c2nnc(SCC(=O)N[C@H](C)C3CC3)n2N)c(OC)c1. The van der Waals surface area contributed by atoms with E-state index in [0.717, 1.165) is 0 Å². The third-order valence-electron chi connectivity index (χ3n) is 4.36. The van der Waals surface area contributed by atoms with Gasteiger partial charge in [-0.05, 0) is 37.8 Å². The van der Waals surface area contributed by atoms with E-state index < -0.39 is 0 Å². The molecule has 0 radical (unpaired) electrons. The molecule has 2 aromatic rings. The molecule has 0 bridgehead atoms. The van der Waals surface area contributed by atoms with Gasteiger partial charge in [0, 0.05) is 12.1 Å². The van der Waals surface area contributed by atoms with Gasteiger partial charge in [-0.1, -0.05) is 11.8 Å². The maximum Gasteiger partial charge on any atom is 0.230 e. The fraction of sp³-hybridized carbons (Fsp3) is 0.471. The predicted molar refractivity (Wildman–Crippen MR) is 99.8 cm³/mol. The lowest BCUT2D eigenvalue weighted by Crippen LogP contribution is -2.35. The molecule has 1 fully saturated rings. The van der Waals surface area contributed by atoms with Crippen LogP contribution in [0.15, 0.2) is 23.4 Å². The molecule has 1 heterocycles. The highest BCUT2D eigenvalue weighted by atomic mass is 32.2. The van der Waals surface area contributed by atoms with Crippen molar-refractivity contribution in [3.8, 4) is 22.9 Å². The molecule has 1 aromatic carbocycles. The van der Waals surface area contributed by atoms with Gasteiger partial charge in [0.2, 0.25) is 11.1 Å². The molecule has 3 rings (SSSR count). The van der Waals surface area contributed by atoms with Gasteiger partial charge in [-0.3, -0.25) is 4.79 Å². The Morgan fingerprint density at radius 1 is 1.38 bits per heavy atom. The maximum absolute atomic E-state index is 12.1. The molecular weight excluding hydrogens is 354 g/mol. The fourth-order valence-electron chi connectivity index (χ4n) is 2.68. The van der Waals surface area contributed by atoms with Crippen molar-refractivity contribution in [2.75, 3.05) is 25.8 Å². The Labute approximate surface area is 156 Å². The third-order valence-corrected chi connectivity index (χ3v) is 5.31. The second-order valence-corrected chi connectivity index (χ2v) is 7.17. The number of hydrogen-bond donors (Lipinski definition) is 2. The van der Waals surface area contributed by atoms with Gasteiger partial charge in [0.15, 0.2) is 5.82 Å². The molecule has 26 heavy (non-hydrogen) atoms. The summed E-state index contributed by atoms with van der Waals surface area (Å²) in [4.78, 5) is 12.1. The standard InChI is InChI=1S/C17H23N5O3S/c1-10(11-4-5-11)19-15(23)9-26-17-21-20-16(22(17)18)13-7-6-12(24-2)8-14(13)25-3/h6-8,10-11H,4-5,9,18H2,1-3H3,(H,19,23)/t10-/m1/s1. The minimum atomic E-state index is -0.0269. The summed E-state index contributed by atoms with van der Waals surface area (Å²) in [5.74, 6) is 8.67. The van der Waals surface area contributed by atoms with Gasteiger partial charge in [-0.25, -0.2) is 4.68 Å². The normalized spacial score (nSPS) is 14.7. The van der Waals surface area contributed by atoms with Crippen LogP contribution in [0.3, 0.4) is 0 Å². The number of thioether (sulfide) groups is 1. The van der Waals surface area contributed by atoms with Gasteiger partial charge in [-0.2, -0.15) is 0 Å². The second-order valence-electron chi connectivity index (χ2n) is 6.22. The van der Waals surface area contributed by atoms with Crippen LogP contribution in [0.4, 0.5) is 0 Å². The number of carbonyl (C=O) groups excluding carboxylic acids is 1. The summed E-state index contributed by atoms with van der Waals surface area (Å²) in [7, 11) is 3.15. The maximum atomic E-state index is 12.1. The van der Waals surface area contributed by atoms with Crippen molar-refractivity contribution in [2.24, 2.45) is 5.92 Å². The smallest absolute Gasteiger partial charge is 0.230 e. The van der Waals surface area contributed by atoms with Gasteiger partial charge in [0.05, 0.1) is 25.5 Å². The van der Waals surface area contributed by atoms with Crippen molar-refractivity contribution in [1.29, 1.82) is 0 Å². The van der Waals surface area contributed by atoms with Gasteiger partial charge in [0.25, 0.3) is 0 Å². The van der Waals surface area contributed by atoms with Crippen LogP contribution < -0.4 is 20.6 Å². The zero-order chi connectivity index (χ0) is 18.7. The first kappa shape index (κ1) is 18.4. The van der Waals surface area contributed by atoms with E-state index in [4.69, 9.17) is 15.3 Å². The summed E-state index contributed by atoms with van der Waals surface area (Å²) >= 11 is 1.25. The van der Waals surface area contributed by atoms with E-state index in [-0.39, 0.29) is 17.7 Å². The number of carbonyl (C=O) groups is 1. The number of methoxy groups -OCH3 is 2. The highest BCUT2D eigenvalue weighted by Gasteiger charge is 2.29. The minimum absolute atomic E-state index is 0.0269. The van der Waals surface area contributed by atoms with E-state index in [9.17, 15) is 4.79 Å². The lowest BCUT2D eigenvalue weighted by Gasteiger charge is -2.12. The number of hydrogen-bond acceptors (Lipinski definition) is 7. The average Bonchev–Trinajstić information content (AvgIpc) is 3.43. The van der Waals surface area contributed by atoms with Crippen molar-refractivity contribution in [3.63, 3.8) is 0 Å². The highest BCUT2D eigenvalue weighted by molar-refractivity contribution is 7.99. The van der Waals surface area contributed by atoms with E-state index in [2.05, 4.69) is 15.5 Å². The van der Waals surface area contributed by atoms with E-state index in [1.807, 2.05) is 13.0 Å². The number of nitrogen functional groups attached to an aromatic ring is 1. The fourth-order valence-corrected chi connectivity index (χ4v) is 3.35. The summed E-state index contributed by atoms with van der Waals surface area (Å²) in [6, 6.07) is 5.58. The van der Waals surface area contributed by atoms with Crippen LogP contribution >= 0.6 is 11.8 Å². The number of nitrogens with two attached hydrogens (primary N) is 1. The van der Waals surface area contributed by atoms with E-state index in [0.29, 0.717) is 34.0 Å². The quantitative estimate of drug-likeness (QED) is 0.533. The first-order valence-corrected chi connectivity index (χ1v) is 9.37. The summed E-state index contributed by atoms with van der Waals surface area (Å²) in [5, 5.41) is 11.7. The molecule has 1 saturated carbocycles. The molecule has 1 aliphatic carbocycles. The highest BCUT2D eigenvalue weighted by Crippen LogP contribution is 2.33. The molecule has 0 spiro atoms. The van der Waals surface area contributed by atoms with Crippen LogP contribution in [-0.2, 0) is 4.79 Å². The van der Waals surface area contributed by atoms with Crippen molar-refractivity contribution >= 4 is 17.7 Å². The summed E-state index contributed by atoms with van der Waals surface area (Å²) in [6.45, 7) is 2.04. The first-order valence-electron chi connectivity index (χ1n) is 8.38. The zero-order valence-corrected chi connectivity index (χ0v) is 15.9. The molecule has 1 amide bonds.